The van der Waals surface area contributed by atoms with Gasteiger partial charge in [0.1, 0.15) is 22.3 Å². The number of benzene rings is 6. The minimum atomic E-state index is 0.420. The van der Waals surface area contributed by atoms with E-state index in [0.29, 0.717) is 16.9 Å². The Balaban J connectivity index is 1.41. The number of hydrogen-bond acceptors (Lipinski definition) is 3. The van der Waals surface area contributed by atoms with E-state index in [1.54, 1.807) is 18.2 Å². The molecule has 0 unspecified atom stereocenters. The summed E-state index contributed by atoms with van der Waals surface area (Å²) < 4.78 is 14.6. The molecule has 43 heavy (non-hydrogen) atoms. The quantitative estimate of drug-likeness (QED) is 0.202. The molecule has 0 bridgehead atoms. The number of para-hydroxylation sites is 3. The van der Waals surface area contributed by atoms with Crippen LogP contribution in [0.1, 0.15) is 5.56 Å². The fourth-order valence-corrected chi connectivity index (χ4v) is 6.56. The van der Waals surface area contributed by atoms with Crippen molar-refractivity contribution in [2.24, 2.45) is 0 Å². The van der Waals surface area contributed by atoms with Gasteiger partial charge in [-0.05, 0) is 65.7 Å². The Morgan fingerprint density at radius 1 is 0.605 bits per heavy atom. The maximum atomic E-state index is 10.1. The zero-order chi connectivity index (χ0) is 28.7. The molecule has 0 aliphatic rings. The summed E-state index contributed by atoms with van der Waals surface area (Å²) in [6.07, 6.45) is 0. The molecule has 5 heteroatoms. The fraction of sp³-hybridized carbons (Fsp3) is 0. The summed E-state index contributed by atoms with van der Waals surface area (Å²) in [4.78, 5) is 3.81. The molecule has 0 aliphatic heterocycles. The van der Waals surface area contributed by atoms with Crippen LogP contribution in [0.15, 0.2) is 124 Å². The third kappa shape index (κ3) is 3.19. The van der Waals surface area contributed by atoms with E-state index in [2.05, 4.69) is 65.5 Å². The maximum absolute atomic E-state index is 10.1. The number of furan rings is 2. The van der Waals surface area contributed by atoms with Gasteiger partial charge in [0.15, 0.2) is 0 Å². The number of rotatable bonds is 2. The summed E-state index contributed by atoms with van der Waals surface area (Å²) in [6, 6.07) is 40.6. The van der Waals surface area contributed by atoms with Crippen molar-refractivity contribution in [3.8, 4) is 22.9 Å². The highest BCUT2D eigenvalue weighted by atomic mass is 16.3. The average molecular weight is 550 g/mol. The molecule has 3 aromatic heterocycles. The van der Waals surface area contributed by atoms with Crippen LogP contribution in [0.25, 0.3) is 87.3 Å². The second kappa shape index (κ2) is 8.60. The topological polar surface area (TPSA) is 59.4 Å². The summed E-state index contributed by atoms with van der Waals surface area (Å²) >= 11 is 0. The van der Waals surface area contributed by atoms with Gasteiger partial charge in [0.25, 0.3) is 0 Å². The van der Waals surface area contributed by atoms with Crippen LogP contribution in [0, 0.1) is 17.9 Å². The number of nitriles is 1. The zero-order valence-electron chi connectivity index (χ0n) is 22.6. The fourth-order valence-electron chi connectivity index (χ4n) is 6.56. The Kier molecular flexibility index (Phi) is 4.68. The van der Waals surface area contributed by atoms with Crippen LogP contribution < -0.4 is 0 Å². The predicted octanol–water partition coefficient (Wildman–Crippen LogP) is 10.7. The molecular weight excluding hydrogens is 530 g/mol. The smallest absolute Gasteiger partial charge is 0.211 e. The molecule has 0 spiro atoms. The lowest BCUT2D eigenvalue weighted by Gasteiger charge is -2.12. The van der Waals surface area contributed by atoms with E-state index in [0.717, 1.165) is 76.8 Å². The van der Waals surface area contributed by atoms with Crippen LogP contribution in [0.4, 0.5) is 5.69 Å². The number of fused-ring (bicyclic) bond motifs is 10. The van der Waals surface area contributed by atoms with Crippen LogP contribution >= 0.6 is 0 Å². The molecule has 0 saturated carbocycles. The van der Waals surface area contributed by atoms with Gasteiger partial charge in [-0.1, -0.05) is 60.7 Å². The summed E-state index contributed by atoms with van der Waals surface area (Å²) in [5.74, 6) is 0. The normalized spacial score (nSPS) is 11.7. The third-order valence-corrected chi connectivity index (χ3v) is 8.46. The van der Waals surface area contributed by atoms with Crippen molar-refractivity contribution in [3.05, 3.63) is 132 Å². The molecule has 6 aromatic carbocycles. The molecule has 9 rings (SSSR count). The summed E-state index contributed by atoms with van der Waals surface area (Å²) in [7, 11) is 0. The molecule has 198 valence electrons. The minimum absolute atomic E-state index is 0.420. The third-order valence-electron chi connectivity index (χ3n) is 8.46. The summed E-state index contributed by atoms with van der Waals surface area (Å²) in [5.41, 5.74) is 8.66. The molecule has 0 radical (unpaired) electrons. The standard InChI is InChI=1S/C38H19N3O2/c1-40-30-10-6-7-24(21-39)37(30)41-31-16-13-22(23-14-18-35-28(19-23)26-9-3-4-11-33(26)42-35)20-29(31)36-32(41)17-15-27-25-8-2-5-12-34(25)43-38(27)36/h2-20H. The Bertz CT molecular complexity index is 2680. The Morgan fingerprint density at radius 3 is 2.07 bits per heavy atom. The first-order valence-corrected chi connectivity index (χ1v) is 13.9. The second-order valence-electron chi connectivity index (χ2n) is 10.7. The molecule has 0 aliphatic carbocycles. The van der Waals surface area contributed by atoms with Gasteiger partial charge in [0.05, 0.1) is 40.3 Å². The lowest BCUT2D eigenvalue weighted by atomic mass is 10.00. The first-order valence-electron chi connectivity index (χ1n) is 13.9. The minimum Gasteiger partial charge on any atom is -0.456 e. The lowest BCUT2D eigenvalue weighted by Crippen LogP contribution is -1.97. The summed E-state index contributed by atoms with van der Waals surface area (Å²) in [5, 5.41) is 16.3. The average Bonchev–Trinajstić information content (AvgIpc) is 3.73. The highest BCUT2D eigenvalue weighted by Gasteiger charge is 2.22. The molecule has 3 heterocycles. The second-order valence-corrected chi connectivity index (χ2v) is 10.7. The van der Waals surface area contributed by atoms with Gasteiger partial charge in [-0.3, -0.25) is 0 Å². The van der Waals surface area contributed by atoms with Gasteiger partial charge in [0, 0.05) is 26.9 Å². The van der Waals surface area contributed by atoms with Gasteiger partial charge in [-0.2, -0.15) is 5.26 Å². The number of aromatic nitrogens is 1. The van der Waals surface area contributed by atoms with E-state index in [9.17, 15) is 5.26 Å². The highest BCUT2D eigenvalue weighted by Crippen LogP contribution is 2.44. The van der Waals surface area contributed by atoms with Crippen LogP contribution in [0.3, 0.4) is 0 Å². The van der Waals surface area contributed by atoms with Crippen LogP contribution in [0.5, 0.6) is 0 Å². The Hall–Kier alpha value is -6.30. The molecular formula is C38H19N3O2. The largest absolute Gasteiger partial charge is 0.456 e. The predicted molar refractivity (Wildman–Crippen MR) is 172 cm³/mol. The monoisotopic (exact) mass is 549 g/mol. The van der Waals surface area contributed by atoms with Crippen molar-refractivity contribution in [1.29, 1.82) is 5.26 Å². The first-order chi connectivity index (χ1) is 21.2. The molecule has 0 amide bonds. The van der Waals surface area contributed by atoms with Gasteiger partial charge < -0.3 is 13.4 Å². The van der Waals surface area contributed by atoms with Gasteiger partial charge >= 0.3 is 0 Å². The Labute approximate surface area is 244 Å². The van der Waals surface area contributed by atoms with E-state index in [1.807, 2.05) is 47.0 Å². The Morgan fingerprint density at radius 2 is 1.28 bits per heavy atom. The number of nitrogens with zero attached hydrogens (tertiary/aromatic N) is 3. The SMILES string of the molecule is [C-]#[N+]c1cccc(C#N)c1-n1c2ccc(-c3ccc4oc5ccccc5c4c3)cc2c2c3oc4ccccc4c3ccc21. The lowest BCUT2D eigenvalue weighted by molar-refractivity contribution is 0.669. The van der Waals surface area contributed by atoms with Crippen molar-refractivity contribution in [2.75, 3.05) is 0 Å². The molecule has 9 aromatic rings. The number of hydrogen-bond donors (Lipinski definition) is 0. The van der Waals surface area contributed by atoms with Crippen LogP contribution in [-0.4, -0.2) is 4.57 Å². The molecule has 0 fully saturated rings. The van der Waals surface area contributed by atoms with Crippen LogP contribution in [-0.2, 0) is 0 Å². The molecule has 0 saturated heterocycles. The van der Waals surface area contributed by atoms with Gasteiger partial charge in [-0.15, -0.1) is 0 Å². The van der Waals surface area contributed by atoms with Gasteiger partial charge in [-0.25, -0.2) is 4.85 Å². The van der Waals surface area contributed by atoms with E-state index in [1.165, 1.54) is 0 Å². The van der Waals surface area contributed by atoms with E-state index in [-0.39, 0.29) is 0 Å². The van der Waals surface area contributed by atoms with Crippen LogP contribution in [0.2, 0.25) is 0 Å². The molecule has 5 nitrogen and oxygen atoms in total. The van der Waals surface area contributed by atoms with E-state index < -0.39 is 0 Å². The van der Waals surface area contributed by atoms with Crippen molar-refractivity contribution in [2.45, 2.75) is 0 Å². The highest BCUT2D eigenvalue weighted by molar-refractivity contribution is 6.24. The maximum Gasteiger partial charge on any atom is 0.211 e. The van der Waals surface area contributed by atoms with Gasteiger partial charge in [0.2, 0.25) is 5.69 Å². The first kappa shape index (κ1) is 23.4. The van der Waals surface area contributed by atoms with E-state index in [4.69, 9.17) is 15.4 Å². The zero-order valence-corrected chi connectivity index (χ0v) is 22.6. The molecule has 0 N–H and O–H groups in total. The summed E-state index contributed by atoms with van der Waals surface area (Å²) in [6.45, 7) is 7.91. The van der Waals surface area contributed by atoms with Crippen molar-refractivity contribution < 1.29 is 8.83 Å². The van der Waals surface area contributed by atoms with Crippen molar-refractivity contribution >= 4 is 71.4 Å². The molecule has 0 atom stereocenters. The van der Waals surface area contributed by atoms with Crippen molar-refractivity contribution in [1.82, 2.24) is 4.57 Å². The van der Waals surface area contributed by atoms with Crippen molar-refractivity contribution in [3.63, 3.8) is 0 Å². The van der Waals surface area contributed by atoms with E-state index >= 15 is 0 Å².